The fraction of sp³-hybridized carbons (Fsp3) is 0.455. The summed E-state index contributed by atoms with van der Waals surface area (Å²) in [6.07, 6.45) is -0.132. The van der Waals surface area contributed by atoms with Crippen LogP contribution in [0.1, 0.15) is 31.2 Å². The van der Waals surface area contributed by atoms with Crippen LogP contribution in [0.15, 0.2) is 24.3 Å². The molecule has 1 heterocycles. The molecule has 36 heavy (non-hydrogen) atoms. The second-order valence-corrected chi connectivity index (χ2v) is 8.38. The highest BCUT2D eigenvalue weighted by Gasteiger charge is 2.33. The van der Waals surface area contributed by atoms with Gasteiger partial charge in [0.15, 0.2) is 0 Å². The molecule has 5 amide bonds. The third-order valence-electron chi connectivity index (χ3n) is 5.44. The van der Waals surface area contributed by atoms with E-state index < -0.39 is 72.5 Å². The summed E-state index contributed by atoms with van der Waals surface area (Å²) in [6, 6.07) is 0.604. The summed E-state index contributed by atoms with van der Waals surface area (Å²) >= 11 is 0. The number of rotatable bonds is 13. The zero-order valence-electron chi connectivity index (χ0n) is 19.4. The Morgan fingerprint density at radius 2 is 1.42 bits per heavy atom. The van der Waals surface area contributed by atoms with Gasteiger partial charge in [-0.05, 0) is 37.1 Å². The highest BCUT2D eigenvalue weighted by Crippen LogP contribution is 2.12. The predicted octanol–water partition coefficient (Wildman–Crippen LogP) is -3.02. The lowest BCUT2D eigenvalue weighted by Gasteiger charge is -2.24. The fourth-order valence-corrected chi connectivity index (χ4v) is 3.61. The van der Waals surface area contributed by atoms with Crippen LogP contribution in [0.3, 0.4) is 0 Å². The zero-order chi connectivity index (χ0) is 26.8. The van der Waals surface area contributed by atoms with E-state index in [0.717, 1.165) is 6.42 Å². The van der Waals surface area contributed by atoms with E-state index in [1.54, 1.807) is 0 Å². The number of benzene rings is 1. The Balaban J connectivity index is 2.13. The average Bonchev–Trinajstić information content (AvgIpc) is 3.33. The summed E-state index contributed by atoms with van der Waals surface area (Å²) in [7, 11) is 0. The molecular weight excluding hydrogens is 476 g/mol. The second-order valence-electron chi connectivity index (χ2n) is 8.38. The fourth-order valence-electron chi connectivity index (χ4n) is 3.61. The molecule has 2 rings (SSSR count). The second kappa shape index (κ2) is 13.0. The molecule has 1 aliphatic rings. The van der Waals surface area contributed by atoms with E-state index in [4.69, 9.17) is 11.5 Å². The molecule has 14 nitrogen and oxygen atoms in total. The molecule has 0 bridgehead atoms. The first-order valence-electron chi connectivity index (χ1n) is 11.2. The predicted molar refractivity (Wildman–Crippen MR) is 124 cm³/mol. The highest BCUT2D eigenvalue weighted by molar-refractivity contribution is 5.97. The van der Waals surface area contributed by atoms with Crippen molar-refractivity contribution < 1.29 is 39.0 Å². The third kappa shape index (κ3) is 8.87. The lowest BCUT2D eigenvalue weighted by molar-refractivity contribution is -0.142. The van der Waals surface area contributed by atoms with Gasteiger partial charge in [-0.2, -0.15) is 0 Å². The molecule has 0 radical (unpaired) electrons. The van der Waals surface area contributed by atoms with E-state index in [-0.39, 0.29) is 12.2 Å². The molecule has 196 valence electrons. The van der Waals surface area contributed by atoms with Crippen molar-refractivity contribution in [3.63, 3.8) is 0 Å². The number of nitrogens with two attached hydrogens (primary N) is 2. The first-order chi connectivity index (χ1) is 17.0. The van der Waals surface area contributed by atoms with Crippen LogP contribution >= 0.6 is 0 Å². The van der Waals surface area contributed by atoms with Crippen LogP contribution in [-0.4, -0.2) is 76.4 Å². The van der Waals surface area contributed by atoms with Gasteiger partial charge in [-0.15, -0.1) is 0 Å². The number of carbonyl (C=O) groups excluding carboxylic acids is 5. The number of carboxylic acids is 1. The third-order valence-corrected chi connectivity index (χ3v) is 5.44. The Bertz CT molecular complexity index is 993. The average molecular weight is 507 g/mol. The highest BCUT2D eigenvalue weighted by atomic mass is 16.4. The molecule has 0 aromatic heterocycles. The molecule has 4 atom stereocenters. The number of carbonyl (C=O) groups is 6. The van der Waals surface area contributed by atoms with Crippen LogP contribution in [0.2, 0.25) is 0 Å². The first-order valence-corrected chi connectivity index (χ1v) is 11.2. The van der Waals surface area contributed by atoms with Gasteiger partial charge in [0.25, 0.3) is 0 Å². The van der Waals surface area contributed by atoms with Crippen molar-refractivity contribution in [2.24, 2.45) is 11.5 Å². The molecule has 1 aliphatic heterocycles. The Hall–Kier alpha value is -4.20. The molecule has 0 saturated carbocycles. The molecule has 1 saturated heterocycles. The molecule has 0 spiro atoms. The summed E-state index contributed by atoms with van der Waals surface area (Å²) in [6.45, 7) is 0.612. The van der Waals surface area contributed by atoms with E-state index in [1.807, 2.05) is 0 Å². The number of aliphatic carboxylic acids is 1. The summed E-state index contributed by atoms with van der Waals surface area (Å²) < 4.78 is 0. The van der Waals surface area contributed by atoms with E-state index in [2.05, 4.69) is 21.3 Å². The van der Waals surface area contributed by atoms with Gasteiger partial charge in [0.1, 0.15) is 23.9 Å². The van der Waals surface area contributed by atoms with Crippen molar-refractivity contribution >= 4 is 35.5 Å². The smallest absolute Gasteiger partial charge is 0.326 e. The molecule has 1 aromatic carbocycles. The van der Waals surface area contributed by atoms with Crippen molar-refractivity contribution in [2.75, 3.05) is 6.54 Å². The van der Waals surface area contributed by atoms with Gasteiger partial charge in [-0.25, -0.2) is 4.79 Å². The van der Waals surface area contributed by atoms with Crippen LogP contribution in [-0.2, 0) is 35.2 Å². The van der Waals surface area contributed by atoms with Crippen LogP contribution < -0.4 is 32.7 Å². The van der Waals surface area contributed by atoms with E-state index in [0.29, 0.717) is 18.5 Å². The number of nitrogens with one attached hydrogen (secondary N) is 4. The van der Waals surface area contributed by atoms with Crippen molar-refractivity contribution in [3.8, 4) is 5.75 Å². The van der Waals surface area contributed by atoms with Gasteiger partial charge in [0.05, 0.1) is 18.9 Å². The summed E-state index contributed by atoms with van der Waals surface area (Å²) in [5.41, 5.74) is 10.9. The quantitative estimate of drug-likeness (QED) is 0.135. The van der Waals surface area contributed by atoms with E-state index in [1.165, 1.54) is 24.3 Å². The zero-order valence-corrected chi connectivity index (χ0v) is 19.4. The maximum absolute atomic E-state index is 12.8. The van der Waals surface area contributed by atoms with Crippen molar-refractivity contribution in [2.45, 2.75) is 56.3 Å². The molecule has 10 N–H and O–H groups in total. The number of hydrogen-bond donors (Lipinski definition) is 8. The number of carboxylic acid groups (broad SMARTS) is 1. The van der Waals surface area contributed by atoms with Gasteiger partial charge in [0.2, 0.25) is 29.5 Å². The van der Waals surface area contributed by atoms with Gasteiger partial charge >= 0.3 is 5.97 Å². The molecule has 0 aliphatic carbocycles. The van der Waals surface area contributed by atoms with E-state index in [9.17, 15) is 39.0 Å². The van der Waals surface area contributed by atoms with Gasteiger partial charge in [0, 0.05) is 6.42 Å². The minimum Gasteiger partial charge on any atom is -0.508 e. The topological polar surface area (TPSA) is 243 Å². The van der Waals surface area contributed by atoms with Crippen LogP contribution in [0.4, 0.5) is 0 Å². The first kappa shape index (κ1) is 28.0. The SMILES string of the molecule is NC(=O)CC(NC(=O)C(CC(N)=O)NC(=O)C1CCCN1)C(=O)NC(Cc1ccc(O)cc1)C(=O)O. The number of aromatic hydroxyl groups is 1. The van der Waals surface area contributed by atoms with Gasteiger partial charge in [-0.1, -0.05) is 12.1 Å². The summed E-state index contributed by atoms with van der Waals surface area (Å²) in [5.74, 6) is -5.81. The number of primary amides is 2. The Morgan fingerprint density at radius 3 is 1.89 bits per heavy atom. The van der Waals surface area contributed by atoms with Crippen molar-refractivity contribution in [1.82, 2.24) is 21.3 Å². The molecule has 14 heteroatoms. The number of amides is 5. The number of hydrogen-bond acceptors (Lipinski definition) is 8. The maximum atomic E-state index is 12.8. The standard InChI is InChI=1S/C22H30N6O8/c23-17(30)9-14(26-19(32)13-2-1-7-25-13)20(33)27-15(10-18(24)31)21(34)28-16(22(35)36)8-11-3-5-12(29)6-4-11/h3-6,13-16,25,29H,1-2,7-10H2,(H2,23,30)(H2,24,31)(H,26,32)(H,27,33)(H,28,34)(H,35,36). The van der Waals surface area contributed by atoms with Crippen molar-refractivity contribution in [3.05, 3.63) is 29.8 Å². The number of phenolic OH excluding ortho intramolecular Hbond substituents is 1. The van der Waals surface area contributed by atoms with E-state index >= 15 is 0 Å². The Morgan fingerprint density at radius 1 is 0.889 bits per heavy atom. The lowest BCUT2D eigenvalue weighted by atomic mass is 10.0. The molecular formula is C22H30N6O8. The molecule has 4 unspecified atom stereocenters. The minimum absolute atomic E-state index is 0.0276. The molecule has 1 fully saturated rings. The summed E-state index contributed by atoms with van der Waals surface area (Å²) in [4.78, 5) is 72.8. The maximum Gasteiger partial charge on any atom is 0.326 e. The number of phenols is 1. The lowest BCUT2D eigenvalue weighted by Crippen LogP contribution is -2.58. The Kier molecular flexibility index (Phi) is 10.2. The normalized spacial score (nSPS) is 17.3. The largest absolute Gasteiger partial charge is 0.508 e. The van der Waals surface area contributed by atoms with Crippen LogP contribution in [0, 0.1) is 0 Å². The minimum atomic E-state index is -1.59. The van der Waals surface area contributed by atoms with Crippen LogP contribution in [0.25, 0.3) is 0 Å². The monoisotopic (exact) mass is 506 g/mol. The van der Waals surface area contributed by atoms with Crippen molar-refractivity contribution in [1.29, 1.82) is 0 Å². The van der Waals surface area contributed by atoms with Gasteiger partial charge in [-0.3, -0.25) is 24.0 Å². The summed E-state index contributed by atoms with van der Waals surface area (Å²) in [5, 5.41) is 28.7. The van der Waals surface area contributed by atoms with Crippen LogP contribution in [0.5, 0.6) is 5.75 Å². The molecule has 1 aromatic rings. The van der Waals surface area contributed by atoms with Gasteiger partial charge < -0.3 is 42.9 Å². The Labute approximate surface area is 206 Å².